The fourth-order valence-electron chi connectivity index (χ4n) is 1.41. The van der Waals surface area contributed by atoms with Crippen LogP contribution in [0.3, 0.4) is 0 Å². The molecular weight excluding hydrogens is 267 g/mol. The molecule has 1 aromatic heterocycles. The van der Waals surface area contributed by atoms with Crippen molar-refractivity contribution < 1.29 is 13.2 Å². The lowest BCUT2D eigenvalue weighted by molar-refractivity contribution is -0.141. The number of rotatable bonds is 1. The number of hydrogen-bond acceptors (Lipinski definition) is 3. The molecule has 0 aliphatic heterocycles. The Hall–Kier alpha value is -1.82. The van der Waals surface area contributed by atoms with Gasteiger partial charge < -0.3 is 5.73 Å². The Morgan fingerprint density at radius 2 is 1.83 bits per heavy atom. The maximum atomic E-state index is 12.5. The van der Waals surface area contributed by atoms with E-state index in [-0.39, 0.29) is 5.69 Å². The Bertz CT molecular complexity index is 584. The predicted octanol–water partition coefficient (Wildman–Crippen LogP) is 3.40. The van der Waals surface area contributed by atoms with E-state index in [0.717, 1.165) is 12.4 Å². The van der Waals surface area contributed by atoms with Crippen LogP contribution in [0.2, 0.25) is 5.02 Å². The van der Waals surface area contributed by atoms with Crippen molar-refractivity contribution in [3.63, 3.8) is 0 Å². The van der Waals surface area contributed by atoms with E-state index >= 15 is 0 Å². The molecule has 2 rings (SSSR count). The van der Waals surface area contributed by atoms with Gasteiger partial charge >= 0.3 is 6.18 Å². The second-order valence-electron chi connectivity index (χ2n) is 3.52. The number of nitrogen functional groups attached to an aromatic ring is 1. The van der Waals surface area contributed by atoms with Crippen molar-refractivity contribution >= 4 is 17.3 Å². The number of aromatic nitrogens is 2. The topological polar surface area (TPSA) is 51.8 Å². The van der Waals surface area contributed by atoms with Crippen LogP contribution in [0.5, 0.6) is 0 Å². The van der Waals surface area contributed by atoms with E-state index in [2.05, 4.69) is 9.97 Å². The Morgan fingerprint density at radius 3 is 2.50 bits per heavy atom. The highest BCUT2D eigenvalue weighted by Crippen LogP contribution is 2.32. The van der Waals surface area contributed by atoms with Gasteiger partial charge in [-0.25, -0.2) is 9.97 Å². The molecule has 0 radical (unpaired) electrons. The summed E-state index contributed by atoms with van der Waals surface area (Å²) in [6, 6.07) is 5.35. The van der Waals surface area contributed by atoms with Gasteiger partial charge in [0.1, 0.15) is 12.0 Å². The fourth-order valence-corrected chi connectivity index (χ4v) is 1.58. The first-order valence-corrected chi connectivity index (χ1v) is 5.20. The van der Waals surface area contributed by atoms with Gasteiger partial charge in [0, 0.05) is 16.3 Å². The van der Waals surface area contributed by atoms with Crippen molar-refractivity contribution in [1.82, 2.24) is 9.97 Å². The Kier molecular flexibility index (Phi) is 3.13. The lowest BCUT2D eigenvalue weighted by Crippen LogP contribution is -2.08. The van der Waals surface area contributed by atoms with Crippen molar-refractivity contribution in [3.05, 3.63) is 41.3 Å². The van der Waals surface area contributed by atoms with Crippen LogP contribution in [-0.4, -0.2) is 9.97 Å². The molecule has 0 spiro atoms. The molecule has 0 amide bonds. The van der Waals surface area contributed by atoms with E-state index in [1.165, 1.54) is 12.1 Å². The van der Waals surface area contributed by atoms with E-state index in [4.69, 9.17) is 17.3 Å². The van der Waals surface area contributed by atoms with Crippen molar-refractivity contribution in [2.45, 2.75) is 6.18 Å². The van der Waals surface area contributed by atoms with Crippen LogP contribution in [0, 0.1) is 0 Å². The summed E-state index contributed by atoms with van der Waals surface area (Å²) in [7, 11) is 0. The van der Waals surface area contributed by atoms with Crippen molar-refractivity contribution in [1.29, 1.82) is 0 Å². The number of benzene rings is 1. The summed E-state index contributed by atoms with van der Waals surface area (Å²) in [6.45, 7) is 0. The van der Waals surface area contributed by atoms with E-state index in [9.17, 15) is 13.2 Å². The SMILES string of the molecule is Nc1ccc(Cl)cc1-c1cc(C(F)(F)F)ncn1. The summed E-state index contributed by atoms with van der Waals surface area (Å²) < 4.78 is 37.5. The number of nitrogens with two attached hydrogens (primary N) is 1. The second-order valence-corrected chi connectivity index (χ2v) is 3.95. The summed E-state index contributed by atoms with van der Waals surface area (Å²) in [6.07, 6.45) is -3.68. The fraction of sp³-hybridized carbons (Fsp3) is 0.0909. The average molecular weight is 274 g/mol. The molecule has 0 atom stereocenters. The molecule has 0 aliphatic carbocycles. The third-order valence-corrected chi connectivity index (χ3v) is 2.48. The highest BCUT2D eigenvalue weighted by molar-refractivity contribution is 6.31. The smallest absolute Gasteiger partial charge is 0.398 e. The minimum Gasteiger partial charge on any atom is -0.398 e. The molecule has 18 heavy (non-hydrogen) atoms. The Morgan fingerprint density at radius 1 is 1.11 bits per heavy atom. The molecule has 0 bridgehead atoms. The highest BCUT2D eigenvalue weighted by Gasteiger charge is 2.32. The maximum Gasteiger partial charge on any atom is 0.433 e. The van der Waals surface area contributed by atoms with Crippen LogP contribution in [0.1, 0.15) is 5.69 Å². The summed E-state index contributed by atoms with van der Waals surface area (Å²) >= 11 is 5.78. The zero-order chi connectivity index (χ0) is 13.3. The first kappa shape index (κ1) is 12.6. The molecule has 1 heterocycles. The van der Waals surface area contributed by atoms with Gasteiger partial charge in [-0.2, -0.15) is 13.2 Å². The third-order valence-electron chi connectivity index (χ3n) is 2.25. The van der Waals surface area contributed by atoms with Gasteiger partial charge in [-0.05, 0) is 24.3 Å². The molecule has 0 fully saturated rings. The predicted molar refractivity (Wildman–Crippen MR) is 61.9 cm³/mol. The van der Waals surface area contributed by atoms with Crippen LogP contribution in [0.4, 0.5) is 18.9 Å². The molecule has 0 saturated heterocycles. The Labute approximate surface area is 105 Å². The largest absolute Gasteiger partial charge is 0.433 e. The van der Waals surface area contributed by atoms with Crippen molar-refractivity contribution in [3.8, 4) is 11.3 Å². The van der Waals surface area contributed by atoms with Gasteiger partial charge in [0.05, 0.1) is 5.69 Å². The lowest BCUT2D eigenvalue weighted by atomic mass is 10.1. The van der Waals surface area contributed by atoms with Gasteiger partial charge in [-0.15, -0.1) is 0 Å². The summed E-state index contributed by atoms with van der Waals surface area (Å²) in [5, 5.41) is 0.367. The molecule has 2 N–H and O–H groups in total. The number of hydrogen-bond donors (Lipinski definition) is 1. The van der Waals surface area contributed by atoms with Crippen molar-refractivity contribution in [2.75, 3.05) is 5.73 Å². The zero-order valence-corrected chi connectivity index (χ0v) is 9.63. The number of nitrogens with zero attached hydrogens (tertiary/aromatic N) is 2. The third kappa shape index (κ3) is 2.53. The molecule has 2 aromatic rings. The average Bonchev–Trinajstić information content (AvgIpc) is 2.31. The van der Waals surface area contributed by atoms with Gasteiger partial charge in [-0.1, -0.05) is 11.6 Å². The van der Waals surface area contributed by atoms with Gasteiger partial charge in [0.2, 0.25) is 0 Å². The standard InChI is InChI=1S/C11H7ClF3N3/c12-6-1-2-8(16)7(3-6)9-4-10(11(13,14)15)18-5-17-9/h1-5H,16H2. The monoisotopic (exact) mass is 273 g/mol. The molecule has 0 unspecified atom stereocenters. The summed E-state index contributed by atoms with van der Waals surface area (Å²) in [5.41, 5.74) is 5.38. The van der Waals surface area contributed by atoms with E-state index in [1.807, 2.05) is 0 Å². The van der Waals surface area contributed by atoms with E-state index in [1.54, 1.807) is 6.07 Å². The molecule has 7 heteroatoms. The molecule has 0 saturated carbocycles. The molecule has 94 valence electrons. The van der Waals surface area contributed by atoms with E-state index < -0.39 is 11.9 Å². The van der Waals surface area contributed by atoms with Gasteiger partial charge in [0.25, 0.3) is 0 Å². The van der Waals surface area contributed by atoms with Crippen LogP contribution in [0.15, 0.2) is 30.6 Å². The Balaban J connectivity index is 2.55. The number of halogens is 4. The van der Waals surface area contributed by atoms with Crippen LogP contribution >= 0.6 is 11.6 Å². The highest BCUT2D eigenvalue weighted by atomic mass is 35.5. The van der Waals surface area contributed by atoms with Gasteiger partial charge in [0.15, 0.2) is 0 Å². The van der Waals surface area contributed by atoms with E-state index in [0.29, 0.717) is 16.3 Å². The minimum atomic E-state index is -4.52. The summed E-state index contributed by atoms with van der Waals surface area (Å²) in [4.78, 5) is 6.95. The van der Waals surface area contributed by atoms with Gasteiger partial charge in [-0.3, -0.25) is 0 Å². The molecular formula is C11H7ClF3N3. The number of anilines is 1. The first-order chi connectivity index (χ1) is 8.38. The van der Waals surface area contributed by atoms with Crippen LogP contribution in [0.25, 0.3) is 11.3 Å². The maximum absolute atomic E-state index is 12.5. The van der Waals surface area contributed by atoms with Crippen LogP contribution in [-0.2, 0) is 6.18 Å². The first-order valence-electron chi connectivity index (χ1n) is 4.82. The van der Waals surface area contributed by atoms with Crippen LogP contribution < -0.4 is 5.73 Å². The second kappa shape index (κ2) is 4.45. The molecule has 0 aliphatic rings. The van der Waals surface area contributed by atoms with Crippen molar-refractivity contribution in [2.24, 2.45) is 0 Å². The lowest BCUT2D eigenvalue weighted by Gasteiger charge is -2.09. The summed E-state index contributed by atoms with van der Waals surface area (Å²) in [5.74, 6) is 0. The zero-order valence-electron chi connectivity index (χ0n) is 8.87. The normalized spacial score (nSPS) is 11.6. The number of alkyl halides is 3. The molecule has 1 aromatic carbocycles. The molecule has 3 nitrogen and oxygen atoms in total. The quantitative estimate of drug-likeness (QED) is 0.810. The minimum absolute atomic E-state index is 0.0809.